The van der Waals surface area contributed by atoms with E-state index in [0.717, 1.165) is 25.9 Å². The molecule has 0 aromatic carbocycles. The van der Waals surface area contributed by atoms with Gasteiger partial charge in [0.05, 0.1) is 0 Å². The van der Waals surface area contributed by atoms with Gasteiger partial charge in [-0.3, -0.25) is 4.79 Å². The molecule has 0 aromatic heterocycles. The van der Waals surface area contributed by atoms with E-state index >= 15 is 0 Å². The minimum Gasteiger partial charge on any atom is -0.342 e. The smallest absolute Gasteiger partial charge is 0.248 e. The first-order chi connectivity index (χ1) is 8.89. The number of piperidine rings is 1. The Hall–Kier alpha value is -0.190. The van der Waals surface area contributed by atoms with Crippen LogP contribution in [0.2, 0.25) is 0 Å². The number of amides is 1. The molecule has 1 aliphatic carbocycles. The molecule has 2 rings (SSSR count). The van der Waals surface area contributed by atoms with Crippen molar-refractivity contribution in [3.8, 4) is 0 Å². The average molecular weight is 338 g/mol. The summed E-state index contributed by atoms with van der Waals surface area (Å²) in [6.45, 7) is 3.71. The molecule has 0 spiro atoms. The van der Waals surface area contributed by atoms with E-state index in [-0.39, 0.29) is 24.7 Å². The van der Waals surface area contributed by atoms with Crippen molar-refractivity contribution in [3.63, 3.8) is 0 Å². The molecular formula is C14H22BrF2NO. The third kappa shape index (κ3) is 3.89. The predicted molar refractivity (Wildman–Crippen MR) is 74.6 cm³/mol. The molecule has 2 aliphatic rings. The Bertz CT molecular complexity index is 317. The number of rotatable bonds is 2. The molecule has 1 heterocycles. The van der Waals surface area contributed by atoms with Gasteiger partial charge in [-0.1, -0.05) is 22.9 Å². The summed E-state index contributed by atoms with van der Waals surface area (Å²) in [6.07, 6.45) is 2.47. The van der Waals surface area contributed by atoms with Crippen LogP contribution < -0.4 is 0 Å². The molecule has 0 radical (unpaired) electrons. The third-order valence-corrected chi connectivity index (χ3v) is 5.31. The van der Waals surface area contributed by atoms with Crippen LogP contribution in [0.1, 0.15) is 45.4 Å². The van der Waals surface area contributed by atoms with E-state index in [2.05, 4.69) is 22.9 Å². The lowest BCUT2D eigenvalue weighted by Crippen LogP contribution is -2.44. The number of halogens is 3. The molecule has 19 heavy (non-hydrogen) atoms. The number of carbonyl (C=O) groups is 1. The summed E-state index contributed by atoms with van der Waals surface area (Å²) in [5.74, 6) is -1.98. The molecule has 2 nitrogen and oxygen atoms in total. The summed E-state index contributed by atoms with van der Waals surface area (Å²) in [7, 11) is 0. The van der Waals surface area contributed by atoms with Crippen LogP contribution in [0.3, 0.4) is 0 Å². The molecule has 5 heteroatoms. The van der Waals surface area contributed by atoms with Crippen LogP contribution in [-0.4, -0.2) is 34.6 Å². The van der Waals surface area contributed by atoms with Crippen LogP contribution in [0.5, 0.6) is 0 Å². The summed E-state index contributed by atoms with van der Waals surface area (Å²) in [5.41, 5.74) is 0. The van der Waals surface area contributed by atoms with Gasteiger partial charge in [0.1, 0.15) is 0 Å². The maximum atomic E-state index is 13.1. The monoisotopic (exact) mass is 337 g/mol. The number of hydrogen-bond acceptors (Lipinski definition) is 1. The zero-order valence-corrected chi connectivity index (χ0v) is 13.0. The highest BCUT2D eigenvalue weighted by Gasteiger charge is 2.39. The van der Waals surface area contributed by atoms with E-state index in [1.54, 1.807) is 0 Å². The normalized spacial score (nSPS) is 27.3. The molecule has 2 fully saturated rings. The quantitative estimate of drug-likeness (QED) is 0.701. The van der Waals surface area contributed by atoms with Crippen LogP contribution >= 0.6 is 15.9 Å². The van der Waals surface area contributed by atoms with Crippen LogP contribution in [0.25, 0.3) is 0 Å². The average Bonchev–Trinajstić information content (AvgIpc) is 2.38. The van der Waals surface area contributed by atoms with Gasteiger partial charge in [-0.15, -0.1) is 0 Å². The standard InChI is InChI=1S/C14H22BrF2NO/c1-10(15)11-4-8-18(9-5-11)13(19)12-2-6-14(16,17)7-3-12/h10-12H,2-9H2,1H3. The van der Waals surface area contributed by atoms with Gasteiger partial charge in [-0.2, -0.15) is 0 Å². The first-order valence-corrected chi connectivity index (χ1v) is 8.11. The molecule has 0 aromatic rings. The van der Waals surface area contributed by atoms with E-state index in [9.17, 15) is 13.6 Å². The Morgan fingerprint density at radius 2 is 1.74 bits per heavy atom. The van der Waals surface area contributed by atoms with E-state index < -0.39 is 5.92 Å². The molecule has 0 N–H and O–H groups in total. The maximum absolute atomic E-state index is 13.1. The first-order valence-electron chi connectivity index (χ1n) is 7.20. The molecule has 1 aliphatic heterocycles. The van der Waals surface area contributed by atoms with Gasteiger partial charge in [-0.05, 0) is 31.6 Å². The van der Waals surface area contributed by atoms with Gasteiger partial charge in [0.25, 0.3) is 0 Å². The summed E-state index contributed by atoms with van der Waals surface area (Å²) in [5, 5.41) is 0. The van der Waals surface area contributed by atoms with Gasteiger partial charge in [-0.25, -0.2) is 8.78 Å². The first kappa shape index (κ1) is 15.2. The second kappa shape index (κ2) is 6.06. The topological polar surface area (TPSA) is 20.3 Å². The van der Waals surface area contributed by atoms with Gasteiger partial charge in [0, 0.05) is 36.7 Å². The number of hydrogen-bond donors (Lipinski definition) is 0. The van der Waals surface area contributed by atoms with Crippen molar-refractivity contribution >= 4 is 21.8 Å². The second-order valence-electron chi connectivity index (χ2n) is 5.97. The summed E-state index contributed by atoms with van der Waals surface area (Å²) in [4.78, 5) is 14.7. The molecule has 1 unspecified atom stereocenters. The fourth-order valence-electron chi connectivity index (χ4n) is 3.12. The van der Waals surface area contributed by atoms with Crippen LogP contribution in [0.4, 0.5) is 8.78 Å². The molecule has 1 amide bonds. The summed E-state index contributed by atoms with van der Waals surface area (Å²) < 4.78 is 26.2. The van der Waals surface area contributed by atoms with Gasteiger partial charge in [0.2, 0.25) is 11.8 Å². The van der Waals surface area contributed by atoms with E-state index in [4.69, 9.17) is 0 Å². The fraction of sp³-hybridized carbons (Fsp3) is 0.929. The largest absolute Gasteiger partial charge is 0.342 e. The van der Waals surface area contributed by atoms with Crippen molar-refractivity contribution in [2.75, 3.05) is 13.1 Å². The molecular weight excluding hydrogens is 316 g/mol. The minimum absolute atomic E-state index is 0.108. The van der Waals surface area contributed by atoms with Crippen molar-refractivity contribution in [2.24, 2.45) is 11.8 Å². The Labute approximate surface area is 122 Å². The molecule has 1 saturated heterocycles. The van der Waals surface area contributed by atoms with Crippen molar-refractivity contribution < 1.29 is 13.6 Å². The number of carbonyl (C=O) groups excluding carboxylic acids is 1. The predicted octanol–water partition coefficient (Wildman–Crippen LogP) is 3.83. The molecule has 0 bridgehead atoms. The summed E-state index contributed by atoms with van der Waals surface area (Å²) in [6, 6.07) is 0. The van der Waals surface area contributed by atoms with Crippen molar-refractivity contribution in [2.45, 2.75) is 56.2 Å². The lowest BCUT2D eigenvalue weighted by Gasteiger charge is -2.37. The van der Waals surface area contributed by atoms with Crippen LogP contribution in [0.15, 0.2) is 0 Å². The fourth-order valence-corrected chi connectivity index (χ4v) is 3.65. The van der Waals surface area contributed by atoms with Crippen molar-refractivity contribution in [1.29, 1.82) is 0 Å². The lowest BCUT2D eigenvalue weighted by molar-refractivity contribution is -0.141. The zero-order chi connectivity index (χ0) is 14.0. The zero-order valence-electron chi connectivity index (χ0n) is 11.4. The third-order valence-electron chi connectivity index (χ3n) is 4.57. The number of nitrogens with zero attached hydrogens (tertiary/aromatic N) is 1. The Morgan fingerprint density at radius 1 is 1.21 bits per heavy atom. The second-order valence-corrected chi connectivity index (χ2v) is 7.41. The maximum Gasteiger partial charge on any atom is 0.248 e. The SMILES string of the molecule is CC(Br)C1CCN(C(=O)C2CCC(F)(F)CC2)CC1. The van der Waals surface area contributed by atoms with Gasteiger partial charge < -0.3 is 4.90 Å². The highest BCUT2D eigenvalue weighted by molar-refractivity contribution is 9.09. The van der Waals surface area contributed by atoms with E-state index in [0.29, 0.717) is 23.6 Å². The summed E-state index contributed by atoms with van der Waals surface area (Å²) >= 11 is 3.60. The van der Waals surface area contributed by atoms with Crippen LogP contribution in [-0.2, 0) is 4.79 Å². The lowest BCUT2D eigenvalue weighted by atomic mass is 9.85. The molecule has 110 valence electrons. The Balaban J connectivity index is 1.82. The van der Waals surface area contributed by atoms with Crippen LogP contribution in [0, 0.1) is 11.8 Å². The molecule has 1 saturated carbocycles. The van der Waals surface area contributed by atoms with Crippen molar-refractivity contribution in [3.05, 3.63) is 0 Å². The van der Waals surface area contributed by atoms with Crippen molar-refractivity contribution in [1.82, 2.24) is 4.90 Å². The molecule has 1 atom stereocenters. The Kier molecular flexibility index (Phi) is 4.85. The minimum atomic E-state index is -2.55. The van der Waals surface area contributed by atoms with Gasteiger partial charge >= 0.3 is 0 Å². The number of alkyl halides is 3. The van der Waals surface area contributed by atoms with Gasteiger partial charge in [0.15, 0.2) is 0 Å². The number of likely N-dealkylation sites (tertiary alicyclic amines) is 1. The highest BCUT2D eigenvalue weighted by Crippen LogP contribution is 2.37. The van der Waals surface area contributed by atoms with E-state index in [1.165, 1.54) is 0 Å². The highest BCUT2D eigenvalue weighted by atomic mass is 79.9. The Morgan fingerprint density at radius 3 is 2.21 bits per heavy atom. The van der Waals surface area contributed by atoms with E-state index in [1.807, 2.05) is 4.90 Å².